The fourth-order valence-electron chi connectivity index (χ4n) is 8.07. The first-order valence-corrected chi connectivity index (χ1v) is 24.8. The van der Waals surface area contributed by atoms with E-state index in [0.29, 0.717) is 51.1 Å². The third-order valence-corrected chi connectivity index (χ3v) is 16.0. The highest BCUT2D eigenvalue weighted by molar-refractivity contribution is 7.95. The number of carbonyl (C=O) groups excluding carboxylic acids is 4. The average molecular weight is 971 g/mol. The van der Waals surface area contributed by atoms with Crippen molar-refractivity contribution in [3.63, 3.8) is 0 Å². The molecule has 0 aliphatic rings. The number of hydrogen-bond donors (Lipinski definition) is 1. The van der Waals surface area contributed by atoms with Crippen molar-refractivity contribution in [1.82, 2.24) is 5.32 Å². The molecule has 0 saturated carbocycles. The van der Waals surface area contributed by atoms with Gasteiger partial charge in [-0.1, -0.05) is 146 Å². The highest BCUT2D eigenvalue weighted by Gasteiger charge is 2.45. The molecular formula is C56H61BrNO7P. The number of halogens is 1. The van der Waals surface area contributed by atoms with Gasteiger partial charge in [-0.25, -0.2) is 0 Å². The molecule has 0 heterocycles. The number of rotatable bonds is 26. The molecule has 0 saturated heterocycles. The van der Waals surface area contributed by atoms with Crippen LogP contribution in [0.15, 0.2) is 182 Å². The van der Waals surface area contributed by atoms with Gasteiger partial charge in [0.05, 0.1) is 6.16 Å². The van der Waals surface area contributed by atoms with Crippen LogP contribution in [-0.2, 0) is 52.7 Å². The van der Waals surface area contributed by atoms with E-state index in [9.17, 15) is 19.2 Å². The summed E-state index contributed by atoms with van der Waals surface area (Å²) in [4.78, 5) is 54.4. The predicted octanol–water partition coefficient (Wildman–Crippen LogP) is 6.32. The summed E-state index contributed by atoms with van der Waals surface area (Å²) < 4.78 is 17.7. The Hall–Kier alpha value is -5.89. The molecule has 8 nitrogen and oxygen atoms in total. The van der Waals surface area contributed by atoms with E-state index in [0.717, 1.165) is 16.7 Å². The normalized spacial score (nSPS) is 11.2. The zero-order valence-electron chi connectivity index (χ0n) is 37.6. The topological polar surface area (TPSA) is 108 Å². The van der Waals surface area contributed by atoms with E-state index in [-0.39, 0.29) is 68.4 Å². The van der Waals surface area contributed by atoms with Gasteiger partial charge < -0.3 is 36.5 Å². The van der Waals surface area contributed by atoms with Crippen LogP contribution in [0.1, 0.15) is 68.1 Å². The molecule has 6 aromatic carbocycles. The van der Waals surface area contributed by atoms with E-state index < -0.39 is 30.7 Å². The first-order chi connectivity index (χ1) is 31.8. The van der Waals surface area contributed by atoms with Crippen LogP contribution in [0.4, 0.5) is 0 Å². The SMILES string of the molecule is O=C(CCC[P+](c1ccccc1)(c1ccccc1)c1ccccc1)NC(COC(=O)CCCc1ccccc1)(COC(=O)CCCc1ccccc1)COC(=O)CCCc1ccccc1.[Br-]. The number of esters is 3. The summed E-state index contributed by atoms with van der Waals surface area (Å²) in [6.45, 7) is -1.06. The van der Waals surface area contributed by atoms with Gasteiger partial charge in [-0.3, -0.25) is 19.2 Å². The lowest BCUT2D eigenvalue weighted by molar-refractivity contribution is -0.159. The van der Waals surface area contributed by atoms with Crippen molar-refractivity contribution in [3.8, 4) is 0 Å². The zero-order valence-corrected chi connectivity index (χ0v) is 40.1. The minimum atomic E-state index is -2.23. The van der Waals surface area contributed by atoms with Crippen LogP contribution in [0.5, 0.6) is 0 Å². The summed E-state index contributed by atoms with van der Waals surface area (Å²) in [5, 5.41) is 6.73. The summed E-state index contributed by atoms with van der Waals surface area (Å²) in [6.07, 6.45) is 5.52. The van der Waals surface area contributed by atoms with Gasteiger partial charge >= 0.3 is 17.9 Å². The van der Waals surface area contributed by atoms with Gasteiger partial charge in [-0.05, 0) is 98.0 Å². The van der Waals surface area contributed by atoms with Crippen molar-refractivity contribution in [2.75, 3.05) is 26.0 Å². The number of aryl methyl sites for hydroxylation is 3. The Morgan fingerprint density at radius 3 is 0.985 bits per heavy atom. The molecular weight excluding hydrogens is 909 g/mol. The van der Waals surface area contributed by atoms with Gasteiger partial charge in [0, 0.05) is 25.7 Å². The van der Waals surface area contributed by atoms with E-state index in [1.165, 1.54) is 15.9 Å². The number of benzene rings is 6. The van der Waals surface area contributed by atoms with Gasteiger partial charge in [0.15, 0.2) is 0 Å². The summed E-state index contributed by atoms with van der Waals surface area (Å²) in [5.41, 5.74) is 1.79. The maximum Gasteiger partial charge on any atom is 0.305 e. The van der Waals surface area contributed by atoms with Crippen molar-refractivity contribution in [2.45, 2.75) is 76.2 Å². The highest BCUT2D eigenvalue weighted by Crippen LogP contribution is 2.55. The van der Waals surface area contributed by atoms with Crippen molar-refractivity contribution in [1.29, 1.82) is 0 Å². The second-order valence-corrected chi connectivity index (χ2v) is 20.1. The minimum Gasteiger partial charge on any atom is -1.00 e. The Morgan fingerprint density at radius 1 is 0.394 bits per heavy atom. The van der Waals surface area contributed by atoms with Gasteiger partial charge in [-0.2, -0.15) is 0 Å². The molecule has 0 aliphatic heterocycles. The van der Waals surface area contributed by atoms with E-state index in [1.54, 1.807) is 0 Å². The fraction of sp³-hybridized carbons (Fsp3) is 0.286. The van der Waals surface area contributed by atoms with Crippen LogP contribution in [0, 0.1) is 0 Å². The summed E-state index contributed by atoms with van der Waals surface area (Å²) in [6, 6.07) is 61.2. The quantitative estimate of drug-likeness (QED) is 0.0386. The Labute approximate surface area is 401 Å². The Kier molecular flexibility index (Phi) is 21.3. The summed E-state index contributed by atoms with van der Waals surface area (Å²) >= 11 is 0. The largest absolute Gasteiger partial charge is 1.00 e. The van der Waals surface area contributed by atoms with Crippen LogP contribution in [0.25, 0.3) is 0 Å². The van der Waals surface area contributed by atoms with Crippen molar-refractivity contribution >= 4 is 47.0 Å². The number of carbonyl (C=O) groups is 4. The molecule has 0 bridgehead atoms. The third-order valence-electron chi connectivity index (χ3n) is 11.5. The first kappa shape index (κ1) is 51.1. The van der Waals surface area contributed by atoms with Crippen LogP contribution in [0.2, 0.25) is 0 Å². The Balaban J connectivity index is 0.00000817. The standard InChI is InChI=1S/C56H60NO7P.BrH/c58-52(38-22-42-65(49-32-13-4-14-33-49,50-34-15-5-16-35-50)51-36-17-6-18-37-51)57-56(43-62-53(59)39-19-29-46-23-7-1-8-24-46,44-63-54(60)40-20-30-47-25-9-2-10-26-47)45-64-55(61)41-21-31-48-27-11-3-12-28-48;/h1-18,23-28,32-37H,19-22,29-31,38-45H2;1H. The zero-order chi connectivity index (χ0) is 45.4. The lowest BCUT2D eigenvalue weighted by Gasteiger charge is -2.33. The lowest BCUT2D eigenvalue weighted by atomic mass is 10.0. The fourth-order valence-corrected chi connectivity index (χ4v) is 12.4. The maximum absolute atomic E-state index is 14.4. The summed E-state index contributed by atoms with van der Waals surface area (Å²) in [5.74, 6) is -1.74. The van der Waals surface area contributed by atoms with Crippen molar-refractivity contribution in [2.24, 2.45) is 0 Å². The second kappa shape index (κ2) is 27.6. The number of ether oxygens (including phenoxy) is 3. The highest BCUT2D eigenvalue weighted by atomic mass is 79.9. The second-order valence-electron chi connectivity index (χ2n) is 16.5. The number of amides is 1. The van der Waals surface area contributed by atoms with Gasteiger partial charge in [0.1, 0.15) is 48.5 Å². The molecule has 0 unspecified atom stereocenters. The molecule has 0 aromatic heterocycles. The van der Waals surface area contributed by atoms with Crippen molar-refractivity contribution < 1.29 is 50.4 Å². The molecule has 344 valence electrons. The third kappa shape index (κ3) is 16.2. The molecule has 0 fully saturated rings. The van der Waals surface area contributed by atoms with E-state index in [1.807, 2.05) is 109 Å². The van der Waals surface area contributed by atoms with Crippen molar-refractivity contribution in [3.05, 3.63) is 199 Å². The Bertz CT molecular complexity index is 2090. The Morgan fingerprint density at radius 2 is 0.682 bits per heavy atom. The lowest BCUT2D eigenvalue weighted by Crippen LogP contribution is -3.00. The molecule has 0 atom stereocenters. The van der Waals surface area contributed by atoms with E-state index in [4.69, 9.17) is 14.2 Å². The van der Waals surface area contributed by atoms with E-state index >= 15 is 0 Å². The average Bonchev–Trinajstić information content (AvgIpc) is 3.35. The van der Waals surface area contributed by atoms with Crippen LogP contribution in [0.3, 0.4) is 0 Å². The molecule has 0 aliphatic carbocycles. The van der Waals surface area contributed by atoms with Crippen LogP contribution in [-0.4, -0.2) is 55.3 Å². The molecule has 10 heteroatoms. The monoisotopic (exact) mass is 969 g/mol. The molecule has 6 aromatic rings. The predicted molar refractivity (Wildman–Crippen MR) is 261 cm³/mol. The molecule has 1 N–H and O–H groups in total. The van der Waals surface area contributed by atoms with E-state index in [2.05, 4.69) is 78.1 Å². The minimum absolute atomic E-state index is 0. The molecule has 66 heavy (non-hydrogen) atoms. The van der Waals surface area contributed by atoms with Crippen LogP contribution < -0.4 is 38.2 Å². The number of nitrogens with one attached hydrogen (secondary N) is 1. The molecule has 1 amide bonds. The smallest absolute Gasteiger partial charge is 0.305 e. The molecule has 6 rings (SSSR count). The van der Waals surface area contributed by atoms with Crippen LogP contribution >= 0.6 is 7.26 Å². The van der Waals surface area contributed by atoms with Gasteiger partial charge in [-0.15, -0.1) is 0 Å². The first-order valence-electron chi connectivity index (χ1n) is 22.8. The summed E-state index contributed by atoms with van der Waals surface area (Å²) in [7, 11) is -2.23. The molecule has 0 radical (unpaired) electrons. The van der Waals surface area contributed by atoms with Gasteiger partial charge in [0.25, 0.3) is 0 Å². The maximum atomic E-state index is 14.4. The molecule has 0 spiro atoms. The number of hydrogen-bond acceptors (Lipinski definition) is 7. The van der Waals surface area contributed by atoms with Gasteiger partial charge in [0.2, 0.25) is 5.91 Å².